The number of thiocarbonyl (C=S) groups is 1. The molecule has 0 rings (SSSR count). The van der Waals surface area contributed by atoms with Crippen molar-refractivity contribution < 1.29 is 39.1 Å². The van der Waals surface area contributed by atoms with Gasteiger partial charge in [0, 0.05) is 0 Å². The van der Waals surface area contributed by atoms with Gasteiger partial charge >= 0.3 is 35.5 Å². The van der Waals surface area contributed by atoms with E-state index in [0.29, 0.717) is 10.1 Å². The summed E-state index contributed by atoms with van der Waals surface area (Å²) in [6, 6.07) is 0. The molecule has 0 aromatic rings. The second kappa shape index (κ2) is 13.6. The first-order valence-corrected chi connectivity index (χ1v) is 7.32. The molecule has 2 nitrogen and oxygen atoms in total. The van der Waals surface area contributed by atoms with E-state index >= 15 is 0 Å². The normalized spacial score (nSPS) is 9.82. The van der Waals surface area contributed by atoms with E-state index in [1.54, 1.807) is 0 Å². The van der Waals surface area contributed by atoms with Gasteiger partial charge in [0.1, 0.15) is 0 Å². The molecule has 0 bridgehead atoms. The van der Waals surface area contributed by atoms with Gasteiger partial charge in [-0.1, -0.05) is 36.6 Å². The Morgan fingerprint density at radius 3 is 2.53 bits per heavy atom. The molecular weight excluding hydrogens is 283 g/mol. The molecule has 0 saturated heterocycles. The van der Waals surface area contributed by atoms with E-state index in [9.17, 15) is 4.79 Å². The van der Waals surface area contributed by atoms with Crippen LogP contribution in [0.15, 0.2) is 0 Å². The monoisotopic (exact) mass is 302 g/mol. The Labute approximate surface area is 142 Å². The minimum absolute atomic E-state index is 0. The zero-order chi connectivity index (χ0) is 12.4. The van der Waals surface area contributed by atoms with E-state index in [1.165, 1.54) is 24.6 Å². The molecule has 0 aliphatic heterocycles. The van der Waals surface area contributed by atoms with Crippen molar-refractivity contribution in [3.05, 3.63) is 0 Å². The summed E-state index contributed by atoms with van der Waals surface area (Å²) >= 11 is 10.5. The minimum atomic E-state index is -0.221. The van der Waals surface area contributed by atoms with Crippen molar-refractivity contribution in [1.82, 2.24) is 0 Å². The van der Waals surface area contributed by atoms with Gasteiger partial charge in [-0.3, -0.25) is 4.79 Å². The molecule has 94 valence electrons. The molecule has 0 heterocycles. The second-order valence-corrected chi connectivity index (χ2v) is 6.58. The smallest absolute Gasteiger partial charge is 0.465 e. The molecule has 6 heteroatoms. The molecular formula is C11H19NaO2S3. The molecule has 0 N–H and O–H groups in total. The molecule has 17 heavy (non-hydrogen) atoms. The molecule has 0 fully saturated rings. The maximum Gasteiger partial charge on any atom is 1.00 e. The Bertz CT molecular complexity index is 223. The predicted molar refractivity (Wildman–Crippen MR) is 76.7 cm³/mol. The van der Waals surface area contributed by atoms with Crippen LogP contribution in [0.2, 0.25) is 0 Å². The Hall–Kier alpha value is 1.13. The van der Waals surface area contributed by atoms with E-state index < -0.39 is 0 Å². The number of esters is 1. The molecule has 0 aromatic carbocycles. The number of hydrogen-bond donors (Lipinski definition) is 0. The number of unbranched alkanes of at least 4 members (excludes halogenated alkanes) is 2. The quantitative estimate of drug-likeness (QED) is 0.211. The van der Waals surface area contributed by atoms with Crippen LogP contribution in [0.3, 0.4) is 0 Å². The van der Waals surface area contributed by atoms with Gasteiger partial charge in [-0.05, 0) is 12.3 Å². The fourth-order valence-electron chi connectivity index (χ4n) is 1.18. The average molecular weight is 302 g/mol. The molecule has 0 aromatic heterocycles. The third kappa shape index (κ3) is 17.1. The summed E-state index contributed by atoms with van der Waals surface area (Å²) < 4.78 is 5.40. The first kappa shape index (κ1) is 20.4. The van der Waals surface area contributed by atoms with Crippen LogP contribution < -0.4 is 29.6 Å². The van der Waals surface area contributed by atoms with Gasteiger partial charge in [0.15, 0.2) is 0 Å². The van der Waals surface area contributed by atoms with Gasteiger partial charge in [0.25, 0.3) is 0 Å². The average Bonchev–Trinajstić information content (AvgIpc) is 2.19. The van der Waals surface area contributed by atoms with E-state index in [-0.39, 0.29) is 41.3 Å². The third-order valence-electron chi connectivity index (χ3n) is 2.00. The number of hydrogen-bond acceptors (Lipinski definition) is 5. The predicted octanol–water partition coefficient (Wildman–Crippen LogP) is 0.315. The summed E-state index contributed by atoms with van der Waals surface area (Å²) in [6.45, 7) is 4.95. The van der Waals surface area contributed by atoms with Gasteiger partial charge in [-0.2, -0.15) is 0 Å². The largest absolute Gasteiger partial charge is 1.00 e. The zero-order valence-electron chi connectivity index (χ0n) is 10.9. The van der Waals surface area contributed by atoms with Crippen LogP contribution >= 0.6 is 24.0 Å². The maximum atomic E-state index is 11.1. The van der Waals surface area contributed by atoms with E-state index in [1.807, 2.05) is 0 Å². The summed E-state index contributed by atoms with van der Waals surface area (Å²) in [5.41, 5.74) is 0. The number of carbonyl (C=O) groups excluding carboxylic acids is 1. The van der Waals surface area contributed by atoms with Crippen molar-refractivity contribution in [3.8, 4) is 0 Å². The molecule has 0 saturated carbocycles. The Morgan fingerprint density at radius 1 is 1.35 bits per heavy atom. The van der Waals surface area contributed by atoms with Crippen molar-refractivity contribution >= 4 is 46.1 Å². The van der Waals surface area contributed by atoms with Gasteiger partial charge in [0.05, 0.1) is 12.4 Å². The molecule has 0 aliphatic rings. The van der Waals surface area contributed by atoms with Gasteiger partial charge in [-0.15, -0.1) is 11.8 Å². The molecule has 0 unspecified atom stereocenters. The standard InChI is InChI=1S/C11H20O2S3.Na/c1-9(2)6-4-3-5-7-13-10(12)8-16-11(14)15;/h9H,3-8H2,1-2H3,(H,14,15);/q;+1/p-1. The summed E-state index contributed by atoms with van der Waals surface area (Å²) in [4.78, 5) is 11.1. The van der Waals surface area contributed by atoms with E-state index in [2.05, 4.69) is 38.7 Å². The Kier molecular flexibility index (Phi) is 16.3. The third-order valence-corrected chi connectivity index (χ3v) is 3.32. The molecule has 0 radical (unpaired) electrons. The summed E-state index contributed by atoms with van der Waals surface area (Å²) in [6.07, 6.45) is 4.52. The van der Waals surface area contributed by atoms with Crippen molar-refractivity contribution in [2.24, 2.45) is 5.92 Å². The Morgan fingerprint density at radius 2 is 2.00 bits per heavy atom. The van der Waals surface area contributed by atoms with Crippen molar-refractivity contribution in [3.63, 3.8) is 0 Å². The van der Waals surface area contributed by atoms with Crippen molar-refractivity contribution in [2.45, 2.75) is 39.5 Å². The zero-order valence-corrected chi connectivity index (χ0v) is 15.3. The van der Waals surface area contributed by atoms with Crippen LogP contribution in [0.4, 0.5) is 0 Å². The Balaban J connectivity index is 0. The van der Waals surface area contributed by atoms with Crippen LogP contribution in [0.5, 0.6) is 0 Å². The summed E-state index contributed by atoms with van der Waals surface area (Å²) in [7, 11) is 0. The molecule has 0 atom stereocenters. The van der Waals surface area contributed by atoms with Gasteiger partial charge in [0.2, 0.25) is 0 Å². The maximum absolute atomic E-state index is 11.1. The van der Waals surface area contributed by atoms with Crippen LogP contribution in [-0.2, 0) is 22.2 Å². The van der Waals surface area contributed by atoms with E-state index in [0.717, 1.165) is 18.8 Å². The topological polar surface area (TPSA) is 26.3 Å². The first-order valence-electron chi connectivity index (χ1n) is 5.51. The number of thioether (sulfide) groups is 1. The van der Waals surface area contributed by atoms with E-state index in [4.69, 9.17) is 4.74 Å². The SMILES string of the molecule is CC(C)CCCCCOC(=O)CSC(=S)[S-].[Na+]. The number of carbonyl (C=O) groups is 1. The fraction of sp³-hybridized carbons (Fsp3) is 0.818. The summed E-state index contributed by atoms with van der Waals surface area (Å²) in [5.74, 6) is 0.780. The van der Waals surface area contributed by atoms with Crippen LogP contribution in [0, 0.1) is 5.92 Å². The molecule has 0 amide bonds. The van der Waals surface area contributed by atoms with Gasteiger partial charge in [-0.25, -0.2) is 0 Å². The number of rotatable bonds is 8. The first-order chi connectivity index (χ1) is 7.52. The van der Waals surface area contributed by atoms with Gasteiger partial charge < -0.3 is 29.6 Å². The fourth-order valence-corrected chi connectivity index (χ4v) is 1.85. The van der Waals surface area contributed by atoms with Crippen LogP contribution in [0.1, 0.15) is 39.5 Å². The molecule has 0 aliphatic carbocycles. The minimum Gasteiger partial charge on any atom is -0.465 e. The molecule has 0 spiro atoms. The summed E-state index contributed by atoms with van der Waals surface area (Å²) in [5, 5.41) is 0. The van der Waals surface area contributed by atoms with Crippen molar-refractivity contribution in [1.29, 1.82) is 0 Å². The van der Waals surface area contributed by atoms with Crippen LogP contribution in [0.25, 0.3) is 0 Å². The van der Waals surface area contributed by atoms with Crippen LogP contribution in [-0.4, -0.2) is 21.9 Å². The van der Waals surface area contributed by atoms with Crippen molar-refractivity contribution in [2.75, 3.05) is 12.4 Å². The number of ether oxygens (including phenoxy) is 1. The second-order valence-electron chi connectivity index (χ2n) is 4.00.